The van der Waals surface area contributed by atoms with E-state index in [1.807, 2.05) is 43.3 Å². The number of fused-ring (bicyclic) bond motifs is 2. The maximum Gasteiger partial charge on any atom is 0.257 e. The Bertz CT molecular complexity index is 1370. The molecular formula is C22H17N5O2. The molecule has 0 aliphatic rings. The van der Waals surface area contributed by atoms with Crippen LogP contribution in [0.25, 0.3) is 33.4 Å². The van der Waals surface area contributed by atoms with Crippen LogP contribution in [0.1, 0.15) is 16.1 Å². The summed E-state index contributed by atoms with van der Waals surface area (Å²) in [5.74, 6) is 0.799. The van der Waals surface area contributed by atoms with Gasteiger partial charge in [0.25, 0.3) is 5.91 Å². The number of amides is 1. The Morgan fingerprint density at radius 1 is 1.07 bits per heavy atom. The van der Waals surface area contributed by atoms with Gasteiger partial charge < -0.3 is 9.73 Å². The summed E-state index contributed by atoms with van der Waals surface area (Å²) in [7, 11) is 1.81. The first-order valence-corrected chi connectivity index (χ1v) is 9.15. The molecule has 0 bridgehead atoms. The number of furan rings is 1. The summed E-state index contributed by atoms with van der Waals surface area (Å²) < 4.78 is 7.15. The lowest BCUT2D eigenvalue weighted by atomic mass is 10.1. The second-order valence-electron chi connectivity index (χ2n) is 6.78. The summed E-state index contributed by atoms with van der Waals surface area (Å²) in [6.07, 6.45) is 1.58. The normalized spacial score (nSPS) is 11.2. The minimum atomic E-state index is -0.274. The van der Waals surface area contributed by atoms with E-state index in [0.29, 0.717) is 33.9 Å². The Balaban J connectivity index is 1.61. The number of benzene rings is 1. The molecule has 142 valence electrons. The number of nitrogens with zero attached hydrogens (tertiary/aromatic N) is 4. The van der Waals surface area contributed by atoms with E-state index in [1.54, 1.807) is 36.2 Å². The van der Waals surface area contributed by atoms with Crippen molar-refractivity contribution in [2.45, 2.75) is 6.92 Å². The van der Waals surface area contributed by atoms with Crippen LogP contribution in [0.2, 0.25) is 0 Å². The van der Waals surface area contributed by atoms with Gasteiger partial charge in [0.15, 0.2) is 11.4 Å². The molecule has 29 heavy (non-hydrogen) atoms. The highest BCUT2D eigenvalue weighted by Gasteiger charge is 2.20. The van der Waals surface area contributed by atoms with Gasteiger partial charge in [-0.3, -0.25) is 9.48 Å². The number of carbonyl (C=O) groups excluding carboxylic acids is 1. The molecule has 0 atom stereocenters. The van der Waals surface area contributed by atoms with E-state index >= 15 is 0 Å². The van der Waals surface area contributed by atoms with Gasteiger partial charge in [0.2, 0.25) is 0 Å². The molecule has 0 saturated heterocycles. The topological polar surface area (TPSA) is 85.8 Å². The molecular weight excluding hydrogens is 366 g/mol. The van der Waals surface area contributed by atoms with E-state index < -0.39 is 0 Å². The zero-order chi connectivity index (χ0) is 20.0. The molecule has 0 aliphatic heterocycles. The fourth-order valence-electron chi connectivity index (χ4n) is 3.49. The third kappa shape index (κ3) is 2.93. The third-order valence-corrected chi connectivity index (χ3v) is 4.83. The first-order valence-electron chi connectivity index (χ1n) is 9.15. The number of hydrogen-bond acceptors (Lipinski definition) is 5. The van der Waals surface area contributed by atoms with Crippen LogP contribution in [0.3, 0.4) is 0 Å². The third-order valence-electron chi connectivity index (χ3n) is 4.83. The second kappa shape index (κ2) is 6.56. The fourth-order valence-corrected chi connectivity index (χ4v) is 3.49. The van der Waals surface area contributed by atoms with Crippen molar-refractivity contribution in [3.63, 3.8) is 0 Å². The van der Waals surface area contributed by atoms with Crippen LogP contribution >= 0.6 is 0 Å². The Kier molecular flexibility index (Phi) is 3.87. The number of aromatic nitrogens is 4. The lowest BCUT2D eigenvalue weighted by Crippen LogP contribution is -2.14. The standard InChI is InChI=1S/C22H17N5O2/c1-13-20-15(12-17(18-8-5-11-29-18)24-21(20)27(2)26-13)22(28)25-19-10-9-14-6-3-4-7-16(14)23-19/h3-12H,1-2H3,(H,23,25,28). The number of para-hydroxylation sites is 1. The molecule has 1 amide bonds. The first-order chi connectivity index (χ1) is 14.1. The van der Waals surface area contributed by atoms with E-state index in [-0.39, 0.29) is 5.91 Å². The summed E-state index contributed by atoms with van der Waals surface area (Å²) in [4.78, 5) is 22.4. The Morgan fingerprint density at radius 2 is 1.93 bits per heavy atom. The SMILES string of the molecule is Cc1nn(C)c2nc(-c3ccco3)cc(C(=O)Nc3ccc4ccccc4n3)c12. The molecule has 0 fully saturated rings. The number of anilines is 1. The van der Waals surface area contributed by atoms with Gasteiger partial charge in [0.1, 0.15) is 11.5 Å². The second-order valence-corrected chi connectivity index (χ2v) is 6.78. The highest BCUT2D eigenvalue weighted by Crippen LogP contribution is 2.27. The summed E-state index contributed by atoms with van der Waals surface area (Å²) in [6, 6.07) is 16.8. The molecule has 0 unspecified atom stereocenters. The van der Waals surface area contributed by atoms with Crippen molar-refractivity contribution in [2.24, 2.45) is 7.05 Å². The summed E-state index contributed by atoms with van der Waals surface area (Å²) in [6.45, 7) is 1.86. The van der Waals surface area contributed by atoms with Crippen LogP contribution in [0.5, 0.6) is 0 Å². The maximum atomic E-state index is 13.2. The van der Waals surface area contributed by atoms with Gasteiger partial charge in [-0.2, -0.15) is 5.10 Å². The Labute approximate surface area is 166 Å². The molecule has 0 radical (unpaired) electrons. The molecule has 0 spiro atoms. The van der Waals surface area contributed by atoms with Gasteiger partial charge in [-0.1, -0.05) is 18.2 Å². The molecule has 0 aliphatic carbocycles. The molecule has 0 saturated carbocycles. The monoisotopic (exact) mass is 383 g/mol. The number of rotatable bonds is 3. The summed E-state index contributed by atoms with van der Waals surface area (Å²) in [5.41, 5.74) is 3.22. The average molecular weight is 383 g/mol. The molecule has 1 aromatic carbocycles. The van der Waals surface area contributed by atoms with Crippen LogP contribution in [-0.2, 0) is 7.05 Å². The van der Waals surface area contributed by atoms with Crippen molar-refractivity contribution in [2.75, 3.05) is 5.32 Å². The lowest BCUT2D eigenvalue weighted by Gasteiger charge is -2.09. The van der Waals surface area contributed by atoms with Crippen molar-refractivity contribution in [1.82, 2.24) is 19.7 Å². The van der Waals surface area contributed by atoms with Crippen molar-refractivity contribution in [3.05, 3.63) is 72.1 Å². The van der Waals surface area contributed by atoms with E-state index in [2.05, 4.69) is 20.4 Å². The zero-order valence-electron chi connectivity index (χ0n) is 15.9. The Hall–Kier alpha value is -4.00. The van der Waals surface area contributed by atoms with Gasteiger partial charge >= 0.3 is 0 Å². The fraction of sp³-hybridized carbons (Fsp3) is 0.0909. The number of aryl methyl sites for hydroxylation is 2. The average Bonchev–Trinajstić information content (AvgIpc) is 3.36. The number of pyridine rings is 2. The van der Waals surface area contributed by atoms with Crippen LogP contribution in [0.4, 0.5) is 5.82 Å². The molecule has 4 aromatic heterocycles. The summed E-state index contributed by atoms with van der Waals surface area (Å²) >= 11 is 0. The highest BCUT2D eigenvalue weighted by atomic mass is 16.3. The van der Waals surface area contributed by atoms with Crippen molar-refractivity contribution < 1.29 is 9.21 Å². The number of carbonyl (C=O) groups is 1. The van der Waals surface area contributed by atoms with E-state index in [4.69, 9.17) is 4.42 Å². The van der Waals surface area contributed by atoms with E-state index in [9.17, 15) is 4.79 Å². The van der Waals surface area contributed by atoms with Crippen molar-refractivity contribution in [1.29, 1.82) is 0 Å². The quantitative estimate of drug-likeness (QED) is 0.501. The van der Waals surface area contributed by atoms with Crippen LogP contribution in [0, 0.1) is 6.92 Å². The molecule has 7 heteroatoms. The molecule has 5 aromatic rings. The summed E-state index contributed by atoms with van der Waals surface area (Å²) in [5, 5.41) is 9.06. The van der Waals surface area contributed by atoms with Crippen LogP contribution in [-0.4, -0.2) is 25.7 Å². The van der Waals surface area contributed by atoms with Gasteiger partial charge in [-0.15, -0.1) is 0 Å². The number of hydrogen-bond donors (Lipinski definition) is 1. The smallest absolute Gasteiger partial charge is 0.257 e. The lowest BCUT2D eigenvalue weighted by molar-refractivity contribution is 0.102. The maximum absolute atomic E-state index is 13.2. The van der Waals surface area contributed by atoms with E-state index in [1.165, 1.54) is 0 Å². The largest absolute Gasteiger partial charge is 0.463 e. The van der Waals surface area contributed by atoms with Crippen LogP contribution in [0.15, 0.2) is 65.3 Å². The van der Waals surface area contributed by atoms with Gasteiger partial charge in [0, 0.05) is 12.4 Å². The van der Waals surface area contributed by atoms with Gasteiger partial charge in [-0.25, -0.2) is 9.97 Å². The van der Waals surface area contributed by atoms with Crippen LogP contribution < -0.4 is 5.32 Å². The highest BCUT2D eigenvalue weighted by molar-refractivity contribution is 6.13. The molecule has 7 nitrogen and oxygen atoms in total. The molecule has 5 rings (SSSR count). The van der Waals surface area contributed by atoms with Crippen molar-refractivity contribution in [3.8, 4) is 11.5 Å². The molecule has 4 heterocycles. The minimum absolute atomic E-state index is 0.274. The minimum Gasteiger partial charge on any atom is -0.463 e. The zero-order valence-corrected chi connectivity index (χ0v) is 15.9. The van der Waals surface area contributed by atoms with Crippen molar-refractivity contribution >= 4 is 33.7 Å². The first kappa shape index (κ1) is 17.1. The predicted octanol–water partition coefficient (Wildman–Crippen LogP) is 4.34. The Morgan fingerprint density at radius 3 is 2.76 bits per heavy atom. The van der Waals surface area contributed by atoms with E-state index in [0.717, 1.165) is 16.6 Å². The number of nitrogens with one attached hydrogen (secondary N) is 1. The van der Waals surface area contributed by atoms with Gasteiger partial charge in [-0.05, 0) is 43.3 Å². The predicted molar refractivity (Wildman–Crippen MR) is 111 cm³/mol. The molecule has 1 N–H and O–H groups in total. The van der Waals surface area contributed by atoms with Gasteiger partial charge in [0.05, 0.1) is 28.4 Å².